The zero-order valence-electron chi connectivity index (χ0n) is 16.6. The summed E-state index contributed by atoms with van der Waals surface area (Å²) in [6.07, 6.45) is 0.677. The van der Waals surface area contributed by atoms with Crippen molar-refractivity contribution in [3.63, 3.8) is 0 Å². The van der Waals surface area contributed by atoms with Crippen molar-refractivity contribution in [2.45, 2.75) is 13.0 Å². The molecule has 0 aliphatic heterocycles. The van der Waals surface area contributed by atoms with Gasteiger partial charge in [0.05, 0.1) is 24.8 Å². The molecule has 0 spiro atoms. The quantitative estimate of drug-likeness (QED) is 0.510. The van der Waals surface area contributed by atoms with Gasteiger partial charge in [0.15, 0.2) is 0 Å². The predicted octanol–water partition coefficient (Wildman–Crippen LogP) is 5.24. The Labute approximate surface area is 176 Å². The number of amides is 1. The average molecular weight is 410 g/mol. The van der Waals surface area contributed by atoms with Crippen LogP contribution in [0.2, 0.25) is 5.02 Å². The highest BCUT2D eigenvalue weighted by atomic mass is 35.5. The fraction of sp³-hybridized carbons (Fsp3) is 0.208. The van der Waals surface area contributed by atoms with Crippen LogP contribution in [0.1, 0.15) is 21.5 Å². The summed E-state index contributed by atoms with van der Waals surface area (Å²) >= 11 is 6.29. The molecule has 4 nitrogen and oxygen atoms in total. The van der Waals surface area contributed by atoms with Gasteiger partial charge in [-0.05, 0) is 47.9 Å². The molecule has 5 heteroatoms. The molecule has 0 bridgehead atoms. The van der Waals surface area contributed by atoms with Crippen LogP contribution in [0.25, 0.3) is 0 Å². The molecular formula is C24H24ClNO3. The molecule has 0 aromatic heterocycles. The number of ether oxygens (including phenoxy) is 2. The Morgan fingerprint density at radius 1 is 0.897 bits per heavy atom. The summed E-state index contributed by atoms with van der Waals surface area (Å²) in [5, 5.41) is 0.453. The Bertz CT molecular complexity index is 956. The second-order valence-electron chi connectivity index (χ2n) is 6.62. The average Bonchev–Trinajstić information content (AvgIpc) is 2.77. The van der Waals surface area contributed by atoms with Gasteiger partial charge in [-0.3, -0.25) is 4.79 Å². The van der Waals surface area contributed by atoms with E-state index in [1.54, 1.807) is 26.4 Å². The lowest BCUT2D eigenvalue weighted by Crippen LogP contribution is -2.32. The monoisotopic (exact) mass is 409 g/mol. The normalized spacial score (nSPS) is 10.4. The number of nitrogens with zero attached hydrogens (tertiary/aromatic N) is 1. The summed E-state index contributed by atoms with van der Waals surface area (Å²) in [5.74, 6) is 1.51. The molecule has 0 unspecified atom stereocenters. The molecule has 3 aromatic rings. The molecule has 0 saturated heterocycles. The molecule has 1 amide bonds. The van der Waals surface area contributed by atoms with Crippen LogP contribution in [0.5, 0.6) is 11.5 Å². The first-order valence-corrected chi connectivity index (χ1v) is 9.79. The van der Waals surface area contributed by atoms with Gasteiger partial charge < -0.3 is 14.4 Å². The molecule has 0 saturated carbocycles. The number of benzene rings is 3. The summed E-state index contributed by atoms with van der Waals surface area (Å²) in [4.78, 5) is 15.1. The van der Waals surface area contributed by atoms with Gasteiger partial charge in [-0.1, -0.05) is 54.1 Å². The summed E-state index contributed by atoms with van der Waals surface area (Å²) in [7, 11) is 3.29. The zero-order chi connectivity index (χ0) is 20.6. The molecule has 0 radical (unpaired) electrons. The van der Waals surface area contributed by atoms with Crippen LogP contribution in [0, 0.1) is 0 Å². The van der Waals surface area contributed by atoms with Crippen LogP contribution in [-0.4, -0.2) is 31.6 Å². The maximum atomic E-state index is 13.3. The van der Waals surface area contributed by atoms with Gasteiger partial charge in [-0.15, -0.1) is 0 Å². The van der Waals surface area contributed by atoms with Crippen molar-refractivity contribution < 1.29 is 14.3 Å². The molecule has 29 heavy (non-hydrogen) atoms. The van der Waals surface area contributed by atoms with E-state index in [4.69, 9.17) is 21.1 Å². The number of halogens is 1. The molecule has 0 atom stereocenters. The lowest BCUT2D eigenvalue weighted by molar-refractivity contribution is 0.0745. The number of carbonyl (C=O) groups is 1. The van der Waals surface area contributed by atoms with E-state index in [1.807, 2.05) is 65.6 Å². The van der Waals surface area contributed by atoms with E-state index < -0.39 is 0 Å². The van der Waals surface area contributed by atoms with Crippen molar-refractivity contribution in [2.24, 2.45) is 0 Å². The van der Waals surface area contributed by atoms with Crippen molar-refractivity contribution in [3.05, 3.63) is 94.5 Å². The zero-order valence-corrected chi connectivity index (χ0v) is 17.4. The van der Waals surface area contributed by atoms with E-state index >= 15 is 0 Å². The van der Waals surface area contributed by atoms with Crippen LogP contribution >= 0.6 is 11.6 Å². The number of para-hydroxylation sites is 1. The van der Waals surface area contributed by atoms with Crippen LogP contribution in [0.4, 0.5) is 0 Å². The van der Waals surface area contributed by atoms with E-state index in [1.165, 1.54) is 0 Å². The van der Waals surface area contributed by atoms with Gasteiger partial charge >= 0.3 is 0 Å². The van der Waals surface area contributed by atoms with Gasteiger partial charge in [0, 0.05) is 13.1 Å². The molecule has 0 fully saturated rings. The number of methoxy groups -OCH3 is 2. The number of hydrogen-bond donors (Lipinski definition) is 0. The van der Waals surface area contributed by atoms with Gasteiger partial charge in [0.2, 0.25) is 0 Å². The Morgan fingerprint density at radius 3 is 2.28 bits per heavy atom. The smallest absolute Gasteiger partial charge is 0.255 e. The summed E-state index contributed by atoms with van der Waals surface area (Å²) in [6, 6.07) is 22.7. The van der Waals surface area contributed by atoms with Crippen molar-refractivity contribution in [1.29, 1.82) is 0 Å². The Balaban J connectivity index is 1.83. The molecule has 0 N–H and O–H groups in total. The second kappa shape index (κ2) is 9.99. The lowest BCUT2D eigenvalue weighted by Gasteiger charge is -2.24. The van der Waals surface area contributed by atoms with Crippen LogP contribution in [0.15, 0.2) is 72.8 Å². The largest absolute Gasteiger partial charge is 0.497 e. The van der Waals surface area contributed by atoms with Crippen molar-refractivity contribution in [3.8, 4) is 11.5 Å². The van der Waals surface area contributed by atoms with Crippen molar-refractivity contribution in [1.82, 2.24) is 4.90 Å². The van der Waals surface area contributed by atoms with E-state index in [-0.39, 0.29) is 5.91 Å². The summed E-state index contributed by atoms with van der Waals surface area (Å²) in [6.45, 7) is 1.01. The highest BCUT2D eigenvalue weighted by molar-refractivity contribution is 6.33. The fourth-order valence-corrected chi connectivity index (χ4v) is 3.39. The molecular weight excluding hydrogens is 386 g/mol. The highest BCUT2D eigenvalue weighted by Crippen LogP contribution is 2.22. The molecule has 0 heterocycles. The number of carbonyl (C=O) groups excluding carboxylic acids is 1. The molecule has 3 rings (SSSR count). The van der Waals surface area contributed by atoms with Crippen LogP contribution < -0.4 is 9.47 Å². The third-order valence-electron chi connectivity index (χ3n) is 4.77. The Kier molecular flexibility index (Phi) is 7.14. The first kappa shape index (κ1) is 20.7. The van der Waals surface area contributed by atoms with Crippen LogP contribution in [-0.2, 0) is 13.0 Å². The van der Waals surface area contributed by atoms with E-state index in [2.05, 4.69) is 0 Å². The molecule has 3 aromatic carbocycles. The number of rotatable bonds is 8. The topological polar surface area (TPSA) is 38.8 Å². The van der Waals surface area contributed by atoms with Gasteiger partial charge in [-0.25, -0.2) is 0 Å². The maximum Gasteiger partial charge on any atom is 0.255 e. The van der Waals surface area contributed by atoms with Crippen LogP contribution in [0.3, 0.4) is 0 Å². The second-order valence-corrected chi connectivity index (χ2v) is 7.02. The van der Waals surface area contributed by atoms with E-state index in [0.717, 1.165) is 22.6 Å². The summed E-state index contributed by atoms with van der Waals surface area (Å²) < 4.78 is 10.7. The van der Waals surface area contributed by atoms with Crippen molar-refractivity contribution >= 4 is 17.5 Å². The third-order valence-corrected chi connectivity index (χ3v) is 5.10. The molecule has 0 aliphatic rings. The van der Waals surface area contributed by atoms with E-state index in [9.17, 15) is 4.79 Å². The standard InChI is InChI=1S/C24H24ClNO3/c1-28-20-13-11-18(12-14-20)17-26(24(27)21-8-4-5-9-22(21)25)16-15-19-7-3-6-10-23(19)29-2/h3-14H,15-17H2,1-2H3. The Morgan fingerprint density at radius 2 is 1.59 bits per heavy atom. The first-order valence-electron chi connectivity index (χ1n) is 9.41. The minimum atomic E-state index is -0.0960. The Hall–Kier alpha value is -2.98. The van der Waals surface area contributed by atoms with Gasteiger partial charge in [0.25, 0.3) is 5.91 Å². The predicted molar refractivity (Wildman–Crippen MR) is 116 cm³/mol. The highest BCUT2D eigenvalue weighted by Gasteiger charge is 2.19. The number of hydrogen-bond acceptors (Lipinski definition) is 3. The summed E-state index contributed by atoms with van der Waals surface area (Å²) in [5.41, 5.74) is 2.58. The van der Waals surface area contributed by atoms with E-state index in [0.29, 0.717) is 30.1 Å². The minimum absolute atomic E-state index is 0.0960. The van der Waals surface area contributed by atoms with Gasteiger partial charge in [-0.2, -0.15) is 0 Å². The SMILES string of the molecule is COc1ccc(CN(CCc2ccccc2OC)C(=O)c2ccccc2Cl)cc1. The third kappa shape index (κ3) is 5.30. The fourth-order valence-electron chi connectivity index (χ4n) is 3.17. The first-order chi connectivity index (χ1) is 14.1. The van der Waals surface area contributed by atoms with Gasteiger partial charge in [0.1, 0.15) is 11.5 Å². The lowest BCUT2D eigenvalue weighted by atomic mass is 10.1. The molecule has 0 aliphatic carbocycles. The van der Waals surface area contributed by atoms with Crippen molar-refractivity contribution in [2.75, 3.05) is 20.8 Å². The molecule has 150 valence electrons. The maximum absolute atomic E-state index is 13.3. The minimum Gasteiger partial charge on any atom is -0.497 e.